The van der Waals surface area contributed by atoms with E-state index in [0.717, 1.165) is 5.56 Å². The quantitative estimate of drug-likeness (QED) is 0.708. The summed E-state index contributed by atoms with van der Waals surface area (Å²) < 4.78 is 10.4. The molecule has 0 fully saturated rings. The van der Waals surface area contributed by atoms with Gasteiger partial charge in [-0.2, -0.15) is 11.3 Å². The lowest BCUT2D eigenvalue weighted by Gasteiger charge is -2.14. The zero-order chi connectivity index (χ0) is 9.52. The van der Waals surface area contributed by atoms with Crippen LogP contribution in [-0.2, 0) is 9.47 Å². The highest BCUT2D eigenvalue weighted by molar-refractivity contribution is 7.07. The number of rotatable bonds is 6. The van der Waals surface area contributed by atoms with Crippen LogP contribution in [0.5, 0.6) is 0 Å². The molecule has 0 radical (unpaired) electrons. The Morgan fingerprint density at radius 2 is 2.38 bits per heavy atom. The molecule has 0 saturated carbocycles. The first-order valence-electron chi connectivity index (χ1n) is 4.21. The molecule has 2 N–H and O–H groups in total. The second kappa shape index (κ2) is 6.10. The molecule has 0 bridgehead atoms. The van der Waals surface area contributed by atoms with E-state index in [1.54, 1.807) is 18.4 Å². The summed E-state index contributed by atoms with van der Waals surface area (Å²) in [7, 11) is 1.66. The summed E-state index contributed by atoms with van der Waals surface area (Å²) in [5.74, 6) is 0. The van der Waals surface area contributed by atoms with Crippen LogP contribution in [0.4, 0.5) is 0 Å². The molecule has 1 aromatic rings. The third-order valence-electron chi connectivity index (χ3n) is 1.74. The van der Waals surface area contributed by atoms with Crippen LogP contribution < -0.4 is 5.73 Å². The number of thiophene rings is 1. The van der Waals surface area contributed by atoms with Gasteiger partial charge in [-0.25, -0.2) is 0 Å². The van der Waals surface area contributed by atoms with Crippen molar-refractivity contribution in [2.75, 3.05) is 26.9 Å². The van der Waals surface area contributed by atoms with Gasteiger partial charge < -0.3 is 15.2 Å². The lowest BCUT2D eigenvalue weighted by Crippen LogP contribution is -2.17. The fourth-order valence-corrected chi connectivity index (χ4v) is 1.73. The van der Waals surface area contributed by atoms with E-state index in [9.17, 15) is 0 Å². The minimum Gasteiger partial charge on any atom is -0.382 e. The predicted molar refractivity (Wildman–Crippen MR) is 53.9 cm³/mol. The average molecular weight is 201 g/mol. The van der Waals surface area contributed by atoms with E-state index in [2.05, 4.69) is 5.38 Å². The van der Waals surface area contributed by atoms with Gasteiger partial charge in [0.1, 0.15) is 0 Å². The van der Waals surface area contributed by atoms with E-state index in [4.69, 9.17) is 15.2 Å². The van der Waals surface area contributed by atoms with Gasteiger partial charge in [0.2, 0.25) is 0 Å². The molecule has 1 aromatic heterocycles. The maximum absolute atomic E-state index is 5.59. The Morgan fingerprint density at radius 1 is 1.54 bits per heavy atom. The zero-order valence-electron chi connectivity index (χ0n) is 7.73. The van der Waals surface area contributed by atoms with Crippen LogP contribution in [0, 0.1) is 0 Å². The molecule has 13 heavy (non-hydrogen) atoms. The van der Waals surface area contributed by atoms with Crippen LogP contribution in [0.1, 0.15) is 11.7 Å². The second-order valence-electron chi connectivity index (χ2n) is 2.64. The van der Waals surface area contributed by atoms with Crippen molar-refractivity contribution in [2.24, 2.45) is 5.73 Å². The monoisotopic (exact) mass is 201 g/mol. The van der Waals surface area contributed by atoms with Gasteiger partial charge in [0.15, 0.2) is 0 Å². The number of hydrogen-bond donors (Lipinski definition) is 1. The summed E-state index contributed by atoms with van der Waals surface area (Å²) in [5.41, 5.74) is 6.74. The molecule has 0 aliphatic heterocycles. The molecule has 74 valence electrons. The van der Waals surface area contributed by atoms with Gasteiger partial charge in [0, 0.05) is 13.7 Å². The highest BCUT2D eigenvalue weighted by Crippen LogP contribution is 2.18. The van der Waals surface area contributed by atoms with Gasteiger partial charge in [0.25, 0.3) is 0 Å². The second-order valence-corrected chi connectivity index (χ2v) is 3.42. The fraction of sp³-hybridized carbons (Fsp3) is 0.556. The minimum absolute atomic E-state index is 0.0152. The summed E-state index contributed by atoms with van der Waals surface area (Å²) in [6.45, 7) is 1.72. The van der Waals surface area contributed by atoms with E-state index in [1.165, 1.54) is 0 Å². The summed E-state index contributed by atoms with van der Waals surface area (Å²) >= 11 is 1.66. The molecule has 3 nitrogen and oxygen atoms in total. The molecule has 0 saturated heterocycles. The molecule has 0 aliphatic carbocycles. The summed E-state index contributed by atoms with van der Waals surface area (Å²) in [5, 5.41) is 4.09. The van der Waals surface area contributed by atoms with Crippen molar-refractivity contribution < 1.29 is 9.47 Å². The number of methoxy groups -OCH3 is 1. The maximum Gasteiger partial charge on any atom is 0.0956 e. The Labute approximate surface area is 82.5 Å². The first-order chi connectivity index (χ1) is 6.38. The van der Waals surface area contributed by atoms with Crippen molar-refractivity contribution in [1.29, 1.82) is 0 Å². The van der Waals surface area contributed by atoms with Crippen molar-refractivity contribution >= 4 is 11.3 Å². The molecule has 1 atom stereocenters. The number of hydrogen-bond acceptors (Lipinski definition) is 4. The van der Waals surface area contributed by atoms with Crippen LogP contribution in [0.25, 0.3) is 0 Å². The van der Waals surface area contributed by atoms with E-state index >= 15 is 0 Å². The van der Waals surface area contributed by atoms with Crippen molar-refractivity contribution in [3.05, 3.63) is 22.4 Å². The van der Waals surface area contributed by atoms with Crippen LogP contribution >= 0.6 is 11.3 Å². The van der Waals surface area contributed by atoms with Gasteiger partial charge in [-0.05, 0) is 22.4 Å². The van der Waals surface area contributed by atoms with Gasteiger partial charge in [-0.15, -0.1) is 0 Å². The first kappa shape index (κ1) is 10.7. The van der Waals surface area contributed by atoms with Gasteiger partial charge in [-0.3, -0.25) is 0 Å². The highest BCUT2D eigenvalue weighted by atomic mass is 32.1. The summed E-state index contributed by atoms with van der Waals surface area (Å²) in [4.78, 5) is 0. The topological polar surface area (TPSA) is 44.5 Å². The normalized spacial score (nSPS) is 13.1. The number of ether oxygens (including phenoxy) is 2. The van der Waals surface area contributed by atoms with E-state index in [-0.39, 0.29) is 6.10 Å². The minimum atomic E-state index is 0.0152. The van der Waals surface area contributed by atoms with Gasteiger partial charge >= 0.3 is 0 Å². The molecule has 0 spiro atoms. The Kier molecular flexibility index (Phi) is 5.00. The standard InChI is InChI=1S/C9H15NO2S/c1-11-3-4-12-9(6-10)8-2-5-13-7-8/h2,5,7,9H,3-4,6,10H2,1H3. The third-order valence-corrected chi connectivity index (χ3v) is 2.44. The molecule has 4 heteroatoms. The summed E-state index contributed by atoms with van der Waals surface area (Å²) in [6, 6.07) is 2.04. The highest BCUT2D eigenvalue weighted by Gasteiger charge is 2.09. The SMILES string of the molecule is COCCOC(CN)c1ccsc1. The lowest BCUT2D eigenvalue weighted by molar-refractivity contribution is 0.0209. The van der Waals surface area contributed by atoms with Crippen LogP contribution in [0.2, 0.25) is 0 Å². The Hall–Kier alpha value is -0.420. The average Bonchev–Trinajstić information content (AvgIpc) is 2.65. The molecule has 1 rings (SSSR count). The molecule has 0 aromatic carbocycles. The molecular formula is C9H15NO2S. The Bertz CT molecular complexity index is 213. The largest absolute Gasteiger partial charge is 0.382 e. The molecule has 1 heterocycles. The van der Waals surface area contributed by atoms with E-state index < -0.39 is 0 Å². The van der Waals surface area contributed by atoms with Crippen LogP contribution in [-0.4, -0.2) is 26.9 Å². The Balaban J connectivity index is 2.35. The smallest absolute Gasteiger partial charge is 0.0956 e. The molecular weight excluding hydrogens is 186 g/mol. The van der Waals surface area contributed by atoms with Gasteiger partial charge in [-0.1, -0.05) is 0 Å². The van der Waals surface area contributed by atoms with Crippen molar-refractivity contribution in [1.82, 2.24) is 0 Å². The van der Waals surface area contributed by atoms with Crippen LogP contribution in [0.3, 0.4) is 0 Å². The van der Waals surface area contributed by atoms with E-state index in [0.29, 0.717) is 19.8 Å². The van der Waals surface area contributed by atoms with Crippen molar-refractivity contribution in [3.63, 3.8) is 0 Å². The zero-order valence-corrected chi connectivity index (χ0v) is 8.55. The van der Waals surface area contributed by atoms with E-state index in [1.807, 2.05) is 11.4 Å². The maximum atomic E-state index is 5.59. The third kappa shape index (κ3) is 3.44. The molecule has 0 amide bonds. The molecule has 0 aliphatic rings. The molecule has 1 unspecified atom stereocenters. The summed E-state index contributed by atoms with van der Waals surface area (Å²) in [6.07, 6.45) is 0.0152. The number of nitrogens with two attached hydrogens (primary N) is 1. The Morgan fingerprint density at radius 3 is 2.92 bits per heavy atom. The van der Waals surface area contributed by atoms with Crippen molar-refractivity contribution in [2.45, 2.75) is 6.10 Å². The van der Waals surface area contributed by atoms with Gasteiger partial charge in [0.05, 0.1) is 19.3 Å². The van der Waals surface area contributed by atoms with Crippen molar-refractivity contribution in [3.8, 4) is 0 Å². The predicted octanol–water partition coefficient (Wildman–Crippen LogP) is 1.41. The first-order valence-corrected chi connectivity index (χ1v) is 5.15. The lowest BCUT2D eigenvalue weighted by atomic mass is 10.2. The fourth-order valence-electron chi connectivity index (χ4n) is 1.03. The van der Waals surface area contributed by atoms with Crippen LogP contribution in [0.15, 0.2) is 16.8 Å².